The van der Waals surface area contributed by atoms with Crippen LogP contribution in [0.25, 0.3) is 0 Å². The Morgan fingerprint density at radius 3 is 2.62 bits per heavy atom. The molecule has 0 fully saturated rings. The van der Waals surface area contributed by atoms with Gasteiger partial charge in [-0.15, -0.1) is 0 Å². The normalized spacial score (nSPS) is 12.0. The predicted octanol–water partition coefficient (Wildman–Crippen LogP) is 3.21. The first-order valence-electron chi connectivity index (χ1n) is 6.70. The zero-order chi connectivity index (χ0) is 15.4. The predicted molar refractivity (Wildman–Crippen MR) is 85.1 cm³/mol. The van der Waals surface area contributed by atoms with Crippen molar-refractivity contribution in [1.29, 1.82) is 0 Å². The molecule has 0 radical (unpaired) electrons. The largest absolute Gasteiger partial charge is 0.464 e. The molecule has 0 bridgehead atoms. The SMILES string of the molecule is CCOC(=O)C(Nc1ccc(Br)cc1)c1cn(C)nc1C. The van der Waals surface area contributed by atoms with Crippen LogP contribution in [0, 0.1) is 6.92 Å². The lowest BCUT2D eigenvalue weighted by Crippen LogP contribution is -2.23. The van der Waals surface area contributed by atoms with Gasteiger partial charge >= 0.3 is 5.97 Å². The maximum Gasteiger partial charge on any atom is 0.333 e. The van der Waals surface area contributed by atoms with Crippen molar-refractivity contribution in [2.75, 3.05) is 11.9 Å². The Labute approximate surface area is 132 Å². The van der Waals surface area contributed by atoms with Crippen molar-refractivity contribution in [2.45, 2.75) is 19.9 Å². The van der Waals surface area contributed by atoms with Crippen molar-refractivity contribution < 1.29 is 9.53 Å². The molecule has 0 saturated heterocycles. The summed E-state index contributed by atoms with van der Waals surface area (Å²) in [5.74, 6) is -0.309. The molecule has 5 nitrogen and oxygen atoms in total. The van der Waals surface area contributed by atoms with E-state index >= 15 is 0 Å². The Balaban J connectivity index is 2.30. The Hall–Kier alpha value is -1.82. The van der Waals surface area contributed by atoms with E-state index < -0.39 is 6.04 Å². The van der Waals surface area contributed by atoms with Crippen molar-refractivity contribution in [3.63, 3.8) is 0 Å². The lowest BCUT2D eigenvalue weighted by atomic mass is 10.1. The van der Waals surface area contributed by atoms with Crippen molar-refractivity contribution >= 4 is 27.6 Å². The molecule has 1 N–H and O–H groups in total. The molecule has 0 aliphatic carbocycles. The molecule has 0 spiro atoms. The van der Waals surface area contributed by atoms with Crippen LogP contribution in [0.3, 0.4) is 0 Å². The molecule has 1 aromatic carbocycles. The summed E-state index contributed by atoms with van der Waals surface area (Å²) in [5.41, 5.74) is 2.47. The van der Waals surface area contributed by atoms with E-state index in [0.717, 1.165) is 21.4 Å². The number of benzene rings is 1. The highest BCUT2D eigenvalue weighted by Gasteiger charge is 2.25. The van der Waals surface area contributed by atoms with Gasteiger partial charge in [0.05, 0.1) is 12.3 Å². The number of nitrogens with zero attached hydrogens (tertiary/aromatic N) is 2. The summed E-state index contributed by atoms with van der Waals surface area (Å²) in [6.45, 7) is 4.02. The molecule has 2 rings (SSSR count). The van der Waals surface area contributed by atoms with Crippen molar-refractivity contribution in [3.8, 4) is 0 Å². The molecule has 1 unspecified atom stereocenters. The maximum atomic E-state index is 12.2. The Bertz CT molecular complexity index is 622. The summed E-state index contributed by atoms with van der Waals surface area (Å²) in [5, 5.41) is 7.50. The fourth-order valence-corrected chi connectivity index (χ4v) is 2.37. The van der Waals surface area contributed by atoms with Gasteiger partial charge in [-0.2, -0.15) is 5.10 Å². The van der Waals surface area contributed by atoms with Crippen LogP contribution in [-0.4, -0.2) is 22.4 Å². The summed E-state index contributed by atoms with van der Waals surface area (Å²) in [7, 11) is 1.83. The number of hydrogen-bond acceptors (Lipinski definition) is 4. The van der Waals surface area contributed by atoms with Gasteiger partial charge in [-0.1, -0.05) is 15.9 Å². The molecule has 1 heterocycles. The molecule has 0 saturated carbocycles. The molecular weight excluding hydrogens is 334 g/mol. The molecule has 0 aliphatic heterocycles. The van der Waals surface area contributed by atoms with Gasteiger partial charge in [0.2, 0.25) is 0 Å². The minimum atomic E-state index is -0.570. The molecule has 1 aromatic heterocycles. The second kappa shape index (κ2) is 6.76. The Morgan fingerprint density at radius 2 is 2.10 bits per heavy atom. The summed E-state index contributed by atoms with van der Waals surface area (Å²) in [4.78, 5) is 12.2. The average Bonchev–Trinajstić information content (AvgIpc) is 2.77. The van der Waals surface area contributed by atoms with E-state index in [4.69, 9.17) is 4.74 Å². The first-order chi connectivity index (χ1) is 10.0. The number of halogens is 1. The van der Waals surface area contributed by atoms with E-state index in [1.54, 1.807) is 11.6 Å². The lowest BCUT2D eigenvalue weighted by Gasteiger charge is -2.18. The third-order valence-electron chi connectivity index (χ3n) is 3.04. The molecule has 21 heavy (non-hydrogen) atoms. The van der Waals surface area contributed by atoms with Crippen molar-refractivity contribution in [2.24, 2.45) is 7.05 Å². The minimum absolute atomic E-state index is 0.309. The van der Waals surface area contributed by atoms with Crippen LogP contribution in [0.5, 0.6) is 0 Å². The van der Waals surface area contributed by atoms with Gasteiger partial charge in [0.1, 0.15) is 0 Å². The van der Waals surface area contributed by atoms with Crippen LogP contribution in [0.2, 0.25) is 0 Å². The summed E-state index contributed by atoms with van der Waals surface area (Å²) < 4.78 is 7.85. The van der Waals surface area contributed by atoms with Gasteiger partial charge in [0, 0.05) is 29.0 Å². The number of anilines is 1. The zero-order valence-electron chi connectivity index (χ0n) is 12.3. The van der Waals surface area contributed by atoms with Gasteiger partial charge in [-0.3, -0.25) is 4.68 Å². The Kier molecular flexibility index (Phi) is 5.01. The molecule has 6 heteroatoms. The van der Waals surface area contributed by atoms with Gasteiger partial charge in [0.25, 0.3) is 0 Å². The summed E-state index contributed by atoms with van der Waals surface area (Å²) in [6.07, 6.45) is 1.84. The number of aromatic nitrogens is 2. The fourth-order valence-electron chi connectivity index (χ4n) is 2.10. The number of nitrogens with one attached hydrogen (secondary N) is 1. The number of ether oxygens (including phenoxy) is 1. The lowest BCUT2D eigenvalue weighted by molar-refractivity contribution is -0.144. The monoisotopic (exact) mass is 351 g/mol. The quantitative estimate of drug-likeness (QED) is 0.840. The summed E-state index contributed by atoms with van der Waals surface area (Å²) in [6, 6.07) is 7.07. The number of esters is 1. The van der Waals surface area contributed by atoms with Crippen molar-refractivity contribution in [1.82, 2.24) is 9.78 Å². The first kappa shape index (κ1) is 15.6. The fraction of sp³-hybridized carbons (Fsp3) is 0.333. The van der Waals surface area contributed by atoms with Crippen LogP contribution < -0.4 is 5.32 Å². The highest BCUT2D eigenvalue weighted by molar-refractivity contribution is 9.10. The average molecular weight is 352 g/mol. The van der Waals surface area contributed by atoms with Crippen LogP contribution in [0.4, 0.5) is 5.69 Å². The molecule has 1 atom stereocenters. The number of carbonyl (C=O) groups is 1. The number of carbonyl (C=O) groups excluding carboxylic acids is 1. The summed E-state index contributed by atoms with van der Waals surface area (Å²) >= 11 is 3.39. The maximum absolute atomic E-state index is 12.2. The van der Waals surface area contributed by atoms with E-state index in [1.165, 1.54) is 0 Å². The standard InChI is InChI=1S/C15H18BrN3O2/c1-4-21-15(20)14(13-9-19(3)18-10(13)2)17-12-7-5-11(16)6-8-12/h5-9,14,17H,4H2,1-3H3. The van der Waals surface area contributed by atoms with Crippen LogP contribution >= 0.6 is 15.9 Å². The molecule has 0 aliphatic rings. The molecular formula is C15H18BrN3O2. The van der Waals surface area contributed by atoms with Gasteiger partial charge in [-0.25, -0.2) is 4.79 Å². The van der Waals surface area contributed by atoms with Crippen LogP contribution in [-0.2, 0) is 16.6 Å². The third kappa shape index (κ3) is 3.85. The van der Waals surface area contributed by atoms with Gasteiger partial charge < -0.3 is 10.1 Å². The molecule has 2 aromatic rings. The topological polar surface area (TPSA) is 56.1 Å². The van der Waals surface area contributed by atoms with E-state index in [9.17, 15) is 4.79 Å². The number of aryl methyl sites for hydroxylation is 2. The van der Waals surface area contributed by atoms with E-state index in [1.807, 2.05) is 44.4 Å². The molecule has 0 amide bonds. The van der Waals surface area contributed by atoms with Crippen molar-refractivity contribution in [3.05, 3.63) is 46.2 Å². The van der Waals surface area contributed by atoms with E-state index in [-0.39, 0.29) is 5.97 Å². The van der Waals surface area contributed by atoms with Crippen LogP contribution in [0.1, 0.15) is 24.2 Å². The van der Waals surface area contributed by atoms with Gasteiger partial charge in [-0.05, 0) is 38.1 Å². The Morgan fingerprint density at radius 1 is 1.43 bits per heavy atom. The number of hydrogen-bond donors (Lipinski definition) is 1. The van der Waals surface area contributed by atoms with Gasteiger partial charge in [0.15, 0.2) is 6.04 Å². The zero-order valence-corrected chi connectivity index (χ0v) is 13.8. The second-order valence-electron chi connectivity index (χ2n) is 4.68. The first-order valence-corrected chi connectivity index (χ1v) is 7.49. The highest BCUT2D eigenvalue weighted by Crippen LogP contribution is 2.24. The van der Waals surface area contributed by atoms with Crippen LogP contribution in [0.15, 0.2) is 34.9 Å². The number of rotatable bonds is 5. The highest BCUT2D eigenvalue weighted by atomic mass is 79.9. The third-order valence-corrected chi connectivity index (χ3v) is 3.57. The molecule has 112 valence electrons. The minimum Gasteiger partial charge on any atom is -0.464 e. The van der Waals surface area contributed by atoms with E-state index in [0.29, 0.717) is 6.61 Å². The smallest absolute Gasteiger partial charge is 0.333 e. The second-order valence-corrected chi connectivity index (χ2v) is 5.60. The van der Waals surface area contributed by atoms with E-state index in [2.05, 4.69) is 26.3 Å².